The van der Waals surface area contributed by atoms with Gasteiger partial charge in [-0.1, -0.05) is 18.2 Å². The van der Waals surface area contributed by atoms with E-state index in [4.69, 9.17) is 0 Å². The Bertz CT molecular complexity index is 709. The van der Waals surface area contributed by atoms with E-state index >= 15 is 0 Å². The lowest BCUT2D eigenvalue weighted by molar-refractivity contribution is -0.384. The summed E-state index contributed by atoms with van der Waals surface area (Å²) in [6.07, 6.45) is 0. The third-order valence-electron chi connectivity index (χ3n) is 2.59. The molecule has 1 aromatic heterocycles. The van der Waals surface area contributed by atoms with Crippen LogP contribution < -0.4 is 10.9 Å². The maximum Gasteiger partial charge on any atom is 0.269 e. The molecule has 7 heteroatoms. The number of carbonyl (C=O) groups excluding carboxylic acids is 1. The monoisotopic (exact) mass is 273 g/mol. The van der Waals surface area contributed by atoms with Gasteiger partial charge in [0.05, 0.1) is 4.92 Å². The molecule has 7 nitrogen and oxygen atoms in total. The minimum atomic E-state index is -0.500. The van der Waals surface area contributed by atoms with Crippen molar-refractivity contribution >= 4 is 11.6 Å². The molecule has 1 amide bonds. The number of amides is 1. The number of nitro groups is 1. The maximum atomic E-state index is 11.8. The van der Waals surface area contributed by atoms with Gasteiger partial charge in [0.2, 0.25) is 5.56 Å². The van der Waals surface area contributed by atoms with Crippen molar-refractivity contribution in [3.8, 4) is 0 Å². The highest BCUT2D eigenvalue weighted by atomic mass is 16.6. The Morgan fingerprint density at radius 2 is 2.00 bits per heavy atom. The van der Waals surface area contributed by atoms with Crippen molar-refractivity contribution in [1.82, 2.24) is 10.3 Å². The van der Waals surface area contributed by atoms with E-state index in [2.05, 4.69) is 10.3 Å². The lowest BCUT2D eigenvalue weighted by Gasteiger charge is -2.05. The number of H-pyrrole nitrogens is 1. The van der Waals surface area contributed by atoms with Crippen LogP contribution in [0.5, 0.6) is 0 Å². The molecule has 1 aromatic carbocycles. The molecule has 0 radical (unpaired) electrons. The van der Waals surface area contributed by atoms with Gasteiger partial charge in [-0.05, 0) is 11.6 Å². The van der Waals surface area contributed by atoms with Crippen molar-refractivity contribution < 1.29 is 9.72 Å². The van der Waals surface area contributed by atoms with Gasteiger partial charge in [-0.3, -0.25) is 19.7 Å². The molecule has 0 atom stereocenters. The molecule has 0 aliphatic heterocycles. The number of hydrogen-bond donors (Lipinski definition) is 2. The van der Waals surface area contributed by atoms with Gasteiger partial charge in [0, 0.05) is 24.7 Å². The molecule has 0 unspecified atom stereocenters. The van der Waals surface area contributed by atoms with Gasteiger partial charge in [-0.15, -0.1) is 0 Å². The molecular formula is C13H11N3O4. The van der Waals surface area contributed by atoms with Crippen LogP contribution in [0.1, 0.15) is 16.1 Å². The van der Waals surface area contributed by atoms with Crippen LogP contribution in [0.4, 0.5) is 5.69 Å². The summed E-state index contributed by atoms with van der Waals surface area (Å²) < 4.78 is 0. The fraction of sp³-hybridized carbons (Fsp3) is 0.0769. The largest absolute Gasteiger partial charge is 0.347 e. The lowest BCUT2D eigenvalue weighted by Crippen LogP contribution is -2.25. The number of non-ortho nitro benzene ring substituents is 1. The van der Waals surface area contributed by atoms with E-state index in [1.165, 1.54) is 30.3 Å². The zero-order valence-electron chi connectivity index (χ0n) is 10.3. The average Bonchev–Trinajstić information content (AvgIpc) is 2.45. The fourth-order valence-electron chi connectivity index (χ4n) is 1.64. The number of hydrogen-bond acceptors (Lipinski definition) is 4. The van der Waals surface area contributed by atoms with Crippen molar-refractivity contribution in [3.63, 3.8) is 0 Å². The Balaban J connectivity index is 2.05. The second kappa shape index (κ2) is 5.79. The summed E-state index contributed by atoms with van der Waals surface area (Å²) in [6, 6.07) is 10.2. The number of benzene rings is 1. The molecule has 2 N–H and O–H groups in total. The maximum absolute atomic E-state index is 11.8. The zero-order valence-corrected chi connectivity index (χ0v) is 10.3. The molecule has 0 saturated carbocycles. The summed E-state index contributed by atoms with van der Waals surface area (Å²) >= 11 is 0. The average molecular weight is 273 g/mol. The highest BCUT2D eigenvalue weighted by molar-refractivity contribution is 5.92. The molecule has 0 bridgehead atoms. The predicted molar refractivity (Wildman–Crippen MR) is 71.3 cm³/mol. The third kappa shape index (κ3) is 3.29. The molecule has 102 valence electrons. The van der Waals surface area contributed by atoms with Crippen molar-refractivity contribution in [1.29, 1.82) is 0 Å². The van der Waals surface area contributed by atoms with Gasteiger partial charge in [0.25, 0.3) is 11.6 Å². The number of aromatic amines is 1. The second-order valence-electron chi connectivity index (χ2n) is 4.04. The Hall–Kier alpha value is -2.96. The molecule has 0 aliphatic rings. The minimum absolute atomic E-state index is 0.0372. The van der Waals surface area contributed by atoms with Crippen LogP contribution in [0.3, 0.4) is 0 Å². The number of nitrogens with zero attached hydrogens (tertiary/aromatic N) is 1. The SMILES string of the molecule is O=C(NCc1cccc([N+](=O)[O-])c1)c1cccc(=O)[nH]1. The summed E-state index contributed by atoms with van der Waals surface area (Å²) in [4.78, 5) is 35.4. The molecule has 20 heavy (non-hydrogen) atoms. The van der Waals surface area contributed by atoms with Crippen LogP contribution in [0.25, 0.3) is 0 Å². The Kier molecular flexibility index (Phi) is 3.90. The number of carbonyl (C=O) groups is 1. The molecule has 1 heterocycles. The third-order valence-corrected chi connectivity index (χ3v) is 2.59. The van der Waals surface area contributed by atoms with E-state index in [-0.39, 0.29) is 23.5 Å². The summed E-state index contributed by atoms with van der Waals surface area (Å²) in [5, 5.41) is 13.2. The van der Waals surface area contributed by atoms with Gasteiger partial charge in [-0.25, -0.2) is 0 Å². The van der Waals surface area contributed by atoms with Gasteiger partial charge in [0.1, 0.15) is 5.69 Å². The highest BCUT2D eigenvalue weighted by Crippen LogP contribution is 2.12. The first kappa shape index (κ1) is 13.5. The summed E-state index contributed by atoms with van der Waals surface area (Å²) in [7, 11) is 0. The lowest BCUT2D eigenvalue weighted by atomic mass is 10.2. The molecule has 2 rings (SSSR count). The molecule has 0 spiro atoms. The van der Waals surface area contributed by atoms with Crippen LogP contribution in [0, 0.1) is 10.1 Å². The molecular weight excluding hydrogens is 262 g/mol. The van der Waals surface area contributed by atoms with Gasteiger partial charge in [-0.2, -0.15) is 0 Å². The van der Waals surface area contributed by atoms with Crippen molar-refractivity contribution in [2.75, 3.05) is 0 Å². The van der Waals surface area contributed by atoms with Gasteiger partial charge < -0.3 is 10.3 Å². The van der Waals surface area contributed by atoms with Crippen LogP contribution in [-0.4, -0.2) is 15.8 Å². The highest BCUT2D eigenvalue weighted by Gasteiger charge is 2.08. The molecule has 0 aliphatic carbocycles. The van der Waals surface area contributed by atoms with E-state index in [1.54, 1.807) is 12.1 Å². The van der Waals surface area contributed by atoms with Crippen molar-refractivity contribution in [2.45, 2.75) is 6.54 Å². The molecule has 0 fully saturated rings. The standard InChI is InChI=1S/C13H11N3O4/c17-12-6-2-5-11(15-12)13(18)14-8-9-3-1-4-10(7-9)16(19)20/h1-7H,8H2,(H,14,18)(H,15,17). The number of pyridine rings is 1. The van der Waals surface area contributed by atoms with Crippen molar-refractivity contribution in [2.24, 2.45) is 0 Å². The molecule has 0 saturated heterocycles. The van der Waals surface area contributed by atoms with Crippen LogP contribution in [0.15, 0.2) is 47.3 Å². The minimum Gasteiger partial charge on any atom is -0.347 e. The van der Waals surface area contributed by atoms with E-state index in [0.29, 0.717) is 5.56 Å². The summed E-state index contributed by atoms with van der Waals surface area (Å²) in [5.74, 6) is -0.450. The van der Waals surface area contributed by atoms with E-state index < -0.39 is 10.8 Å². The number of nitro benzene ring substituents is 1. The van der Waals surface area contributed by atoms with Gasteiger partial charge in [0.15, 0.2) is 0 Å². The van der Waals surface area contributed by atoms with E-state index in [0.717, 1.165) is 0 Å². The second-order valence-corrected chi connectivity index (χ2v) is 4.04. The topological polar surface area (TPSA) is 105 Å². The summed E-state index contributed by atoms with van der Waals surface area (Å²) in [5.41, 5.74) is 0.339. The first-order valence-corrected chi connectivity index (χ1v) is 5.77. The Morgan fingerprint density at radius 3 is 2.70 bits per heavy atom. The zero-order chi connectivity index (χ0) is 14.5. The van der Waals surface area contributed by atoms with Crippen LogP contribution in [0.2, 0.25) is 0 Å². The Morgan fingerprint density at radius 1 is 1.25 bits per heavy atom. The van der Waals surface area contributed by atoms with E-state index in [1.807, 2.05) is 0 Å². The van der Waals surface area contributed by atoms with Crippen LogP contribution in [-0.2, 0) is 6.54 Å². The molecule has 2 aromatic rings. The van der Waals surface area contributed by atoms with Crippen LogP contribution >= 0.6 is 0 Å². The predicted octanol–water partition coefficient (Wildman–Crippen LogP) is 1.21. The van der Waals surface area contributed by atoms with Crippen molar-refractivity contribution in [3.05, 3.63) is 74.2 Å². The fourth-order valence-corrected chi connectivity index (χ4v) is 1.64. The number of aromatic nitrogens is 1. The Labute approximate surface area is 113 Å². The number of nitrogens with one attached hydrogen (secondary N) is 2. The first-order chi connectivity index (χ1) is 9.56. The quantitative estimate of drug-likeness (QED) is 0.645. The normalized spacial score (nSPS) is 10.0. The summed E-state index contributed by atoms with van der Waals surface area (Å²) in [6.45, 7) is 0.136. The number of rotatable bonds is 4. The first-order valence-electron chi connectivity index (χ1n) is 5.77. The smallest absolute Gasteiger partial charge is 0.269 e. The van der Waals surface area contributed by atoms with Gasteiger partial charge >= 0.3 is 0 Å². The van der Waals surface area contributed by atoms with E-state index in [9.17, 15) is 19.7 Å².